The summed E-state index contributed by atoms with van der Waals surface area (Å²) in [6.07, 6.45) is 0. The van der Waals surface area contributed by atoms with Crippen molar-refractivity contribution in [2.75, 3.05) is 32.5 Å². The summed E-state index contributed by atoms with van der Waals surface area (Å²) in [5, 5.41) is 11.3. The molecule has 1 aliphatic rings. The third-order valence-corrected chi connectivity index (χ3v) is 4.06. The number of carbonyl (C=O) groups excluding carboxylic acids is 2. The smallest absolute Gasteiger partial charge is 0.355 e. The maximum absolute atomic E-state index is 12.2. The van der Waals surface area contributed by atoms with E-state index in [1.807, 2.05) is 0 Å². The van der Waals surface area contributed by atoms with Gasteiger partial charge >= 0.3 is 11.9 Å². The number of esters is 2. The molecule has 0 amide bonds. The summed E-state index contributed by atoms with van der Waals surface area (Å²) < 4.78 is 14.6. The highest BCUT2D eigenvalue weighted by Gasteiger charge is 2.35. The number of ether oxygens (including phenoxy) is 3. The van der Waals surface area contributed by atoms with Crippen LogP contribution in [0, 0.1) is 10.1 Å². The lowest BCUT2D eigenvalue weighted by molar-refractivity contribution is -0.384. The Kier molecular flexibility index (Phi) is 5.83. The summed E-state index contributed by atoms with van der Waals surface area (Å²) in [7, 11) is 2.24. The second-order valence-corrected chi connectivity index (χ2v) is 5.54. The van der Waals surface area contributed by atoms with Gasteiger partial charge in [0.05, 0.1) is 41.4 Å². The zero-order valence-corrected chi connectivity index (χ0v) is 14.6. The van der Waals surface area contributed by atoms with Crippen LogP contribution in [0.4, 0.5) is 11.4 Å². The van der Waals surface area contributed by atoms with Crippen LogP contribution in [0.15, 0.2) is 23.4 Å². The van der Waals surface area contributed by atoms with Gasteiger partial charge in [-0.3, -0.25) is 10.1 Å². The van der Waals surface area contributed by atoms with Crippen molar-refractivity contribution in [1.82, 2.24) is 0 Å². The van der Waals surface area contributed by atoms with Crippen molar-refractivity contribution in [1.29, 1.82) is 0 Å². The van der Waals surface area contributed by atoms with Crippen LogP contribution in [0.2, 0.25) is 10.0 Å². The molecule has 1 aromatic rings. The number of hydrogen-bond acceptors (Lipinski definition) is 8. The van der Waals surface area contributed by atoms with Crippen molar-refractivity contribution < 1.29 is 28.7 Å². The number of benzene rings is 1. The first-order valence-corrected chi connectivity index (χ1v) is 7.45. The van der Waals surface area contributed by atoms with Crippen LogP contribution in [0.1, 0.15) is 0 Å². The van der Waals surface area contributed by atoms with Crippen molar-refractivity contribution in [2.24, 2.45) is 0 Å². The third kappa shape index (κ3) is 3.68. The van der Waals surface area contributed by atoms with Crippen LogP contribution >= 0.6 is 23.2 Å². The Balaban J connectivity index is 2.72. The van der Waals surface area contributed by atoms with Gasteiger partial charge in [-0.2, -0.15) is 0 Å². The summed E-state index contributed by atoms with van der Waals surface area (Å²) >= 11 is 11.8. The molecule has 0 N–H and O–H groups in total. The first-order valence-electron chi connectivity index (χ1n) is 6.70. The van der Waals surface area contributed by atoms with E-state index in [4.69, 9.17) is 27.9 Å². The van der Waals surface area contributed by atoms with Gasteiger partial charge in [0.2, 0.25) is 0 Å². The van der Waals surface area contributed by atoms with Crippen molar-refractivity contribution >= 4 is 46.5 Å². The molecule has 0 unspecified atom stereocenters. The lowest BCUT2D eigenvalue weighted by Gasteiger charge is -2.31. The zero-order valence-electron chi connectivity index (χ0n) is 13.1. The predicted octanol–water partition coefficient (Wildman–Crippen LogP) is 2.30. The monoisotopic (exact) mass is 390 g/mol. The number of nitro benzene ring substituents is 1. The summed E-state index contributed by atoms with van der Waals surface area (Å²) in [6, 6.07) is 2.25. The molecule has 0 spiro atoms. The Morgan fingerprint density at radius 3 is 2.36 bits per heavy atom. The van der Waals surface area contributed by atoms with Gasteiger partial charge in [0.25, 0.3) is 5.69 Å². The summed E-state index contributed by atoms with van der Waals surface area (Å²) in [5.74, 6) is -1.71. The number of carbonyl (C=O) groups is 2. The number of nitrogens with zero attached hydrogens (tertiary/aromatic N) is 2. The fraction of sp³-hybridized carbons (Fsp3) is 0.286. The van der Waals surface area contributed by atoms with Crippen LogP contribution in [0.25, 0.3) is 0 Å². The molecule has 0 aromatic heterocycles. The second-order valence-electron chi connectivity index (χ2n) is 4.73. The van der Waals surface area contributed by atoms with E-state index in [0.717, 1.165) is 25.2 Å². The predicted molar refractivity (Wildman–Crippen MR) is 87.5 cm³/mol. The van der Waals surface area contributed by atoms with Crippen molar-refractivity contribution in [3.8, 4) is 0 Å². The number of methoxy groups -OCH3 is 2. The van der Waals surface area contributed by atoms with Crippen molar-refractivity contribution in [2.45, 2.75) is 0 Å². The Morgan fingerprint density at radius 2 is 1.80 bits per heavy atom. The van der Waals surface area contributed by atoms with Gasteiger partial charge in [0.15, 0.2) is 0 Å². The third-order valence-electron chi connectivity index (χ3n) is 3.34. The SMILES string of the molecule is COC(=O)C1=C(C(=O)OC)N(c2cc(Cl)c(Cl)cc2[N+](=O)[O-])COC1. The molecule has 1 aromatic carbocycles. The number of rotatable bonds is 4. The topological polar surface area (TPSA) is 108 Å². The van der Waals surface area contributed by atoms with E-state index < -0.39 is 22.5 Å². The van der Waals surface area contributed by atoms with Crippen LogP contribution < -0.4 is 4.90 Å². The minimum absolute atomic E-state index is 0.0247. The van der Waals surface area contributed by atoms with Gasteiger partial charge in [0.1, 0.15) is 18.1 Å². The molecule has 134 valence electrons. The quantitative estimate of drug-likeness (QED) is 0.437. The lowest BCUT2D eigenvalue weighted by atomic mass is 10.1. The number of anilines is 1. The number of hydrogen-bond donors (Lipinski definition) is 0. The maximum Gasteiger partial charge on any atom is 0.355 e. The molecule has 0 saturated heterocycles. The van der Waals surface area contributed by atoms with Gasteiger partial charge in [-0.1, -0.05) is 23.2 Å². The zero-order chi connectivity index (χ0) is 18.7. The molecule has 0 bridgehead atoms. The Labute approximate surface area is 151 Å². The Morgan fingerprint density at radius 1 is 1.20 bits per heavy atom. The summed E-state index contributed by atoms with van der Waals surface area (Å²) in [5.41, 5.74) is -0.880. The van der Waals surface area contributed by atoms with Gasteiger partial charge < -0.3 is 19.1 Å². The average molecular weight is 391 g/mol. The maximum atomic E-state index is 12.2. The van der Waals surface area contributed by atoms with E-state index in [1.54, 1.807) is 0 Å². The van der Waals surface area contributed by atoms with Crippen LogP contribution in [0.5, 0.6) is 0 Å². The van der Waals surface area contributed by atoms with Crippen molar-refractivity contribution in [3.05, 3.63) is 43.6 Å². The van der Waals surface area contributed by atoms with E-state index in [2.05, 4.69) is 9.47 Å². The highest BCUT2D eigenvalue weighted by atomic mass is 35.5. The molecule has 25 heavy (non-hydrogen) atoms. The van der Waals surface area contributed by atoms with Gasteiger partial charge in [0, 0.05) is 6.07 Å². The van der Waals surface area contributed by atoms with Crippen LogP contribution in [-0.4, -0.2) is 44.4 Å². The molecule has 1 aliphatic heterocycles. The summed E-state index contributed by atoms with van der Waals surface area (Å²) in [4.78, 5) is 35.9. The Hall–Kier alpha value is -2.36. The Bertz CT molecular complexity index is 779. The molecular weight excluding hydrogens is 379 g/mol. The minimum atomic E-state index is -0.885. The molecule has 11 heteroatoms. The molecule has 1 heterocycles. The molecule has 9 nitrogen and oxygen atoms in total. The second kappa shape index (κ2) is 7.68. The molecule has 0 atom stereocenters. The summed E-state index contributed by atoms with van der Waals surface area (Å²) in [6.45, 7) is -0.466. The van der Waals surface area contributed by atoms with Crippen LogP contribution in [-0.2, 0) is 23.8 Å². The lowest BCUT2D eigenvalue weighted by Crippen LogP contribution is -2.39. The highest BCUT2D eigenvalue weighted by molar-refractivity contribution is 6.42. The van der Waals surface area contributed by atoms with E-state index in [0.29, 0.717) is 0 Å². The van der Waals surface area contributed by atoms with E-state index in [1.165, 1.54) is 6.07 Å². The number of nitro groups is 1. The van der Waals surface area contributed by atoms with E-state index in [-0.39, 0.29) is 40.3 Å². The van der Waals surface area contributed by atoms with Gasteiger partial charge in [-0.25, -0.2) is 9.59 Å². The fourth-order valence-electron chi connectivity index (χ4n) is 2.22. The standard InChI is InChI=1S/C14H12Cl2N2O7/c1-23-13(19)7-5-25-6-17(12(7)14(20)24-2)10-3-8(15)9(16)4-11(10)18(21)22/h3-4H,5-6H2,1-2H3. The fourth-order valence-corrected chi connectivity index (χ4v) is 2.54. The van der Waals surface area contributed by atoms with Crippen molar-refractivity contribution in [3.63, 3.8) is 0 Å². The van der Waals surface area contributed by atoms with Gasteiger partial charge in [-0.15, -0.1) is 0 Å². The van der Waals surface area contributed by atoms with Gasteiger partial charge in [-0.05, 0) is 6.07 Å². The van der Waals surface area contributed by atoms with E-state index >= 15 is 0 Å². The average Bonchev–Trinajstić information content (AvgIpc) is 2.61. The molecule has 0 saturated carbocycles. The van der Waals surface area contributed by atoms with E-state index in [9.17, 15) is 19.7 Å². The normalized spacial score (nSPS) is 14.3. The molecular formula is C14H12Cl2N2O7. The molecule has 2 rings (SSSR count). The number of halogens is 2. The molecule has 0 aliphatic carbocycles. The highest BCUT2D eigenvalue weighted by Crippen LogP contribution is 2.39. The first kappa shape index (κ1) is 19.0. The molecule has 0 radical (unpaired) electrons. The largest absolute Gasteiger partial charge is 0.466 e. The van der Waals surface area contributed by atoms with Crippen LogP contribution in [0.3, 0.4) is 0 Å². The first-order chi connectivity index (χ1) is 11.8. The molecule has 0 fully saturated rings. The minimum Gasteiger partial charge on any atom is -0.466 e.